The predicted octanol–water partition coefficient (Wildman–Crippen LogP) is -0.0649. The van der Waals surface area contributed by atoms with Gasteiger partial charge in [-0.3, -0.25) is 4.31 Å². The third-order valence-corrected chi connectivity index (χ3v) is 2.31. The average molecular weight is 197 g/mol. The summed E-state index contributed by atoms with van der Waals surface area (Å²) in [6.07, 6.45) is 0. The summed E-state index contributed by atoms with van der Waals surface area (Å²) in [5.41, 5.74) is 0.517. The Bertz CT molecular complexity index is 263. The highest BCUT2D eigenvalue weighted by Crippen LogP contribution is 2.17. The first-order valence-electron chi connectivity index (χ1n) is 3.91. The van der Waals surface area contributed by atoms with Gasteiger partial charge in [-0.25, -0.2) is 0 Å². The lowest BCUT2D eigenvalue weighted by molar-refractivity contribution is 0.426. The maximum atomic E-state index is 8.83. The van der Waals surface area contributed by atoms with Crippen LogP contribution in [-0.2, 0) is 0 Å². The first-order chi connectivity index (χ1) is 6.09. The lowest BCUT2D eigenvalue weighted by Gasteiger charge is -2.08. The van der Waals surface area contributed by atoms with Crippen molar-refractivity contribution in [2.45, 2.75) is 4.90 Å². The van der Waals surface area contributed by atoms with Crippen LogP contribution in [0.25, 0.3) is 0 Å². The number of rotatable bonds is 3. The van der Waals surface area contributed by atoms with E-state index in [1.54, 1.807) is 24.1 Å². The van der Waals surface area contributed by atoms with Crippen LogP contribution >= 0.6 is 11.9 Å². The van der Waals surface area contributed by atoms with E-state index in [1.165, 1.54) is 0 Å². The molecular weight excluding hydrogens is 185 g/mol. The Kier molecular flexibility index (Phi) is 3.80. The molecule has 0 radical (unpaired) electrons. The highest BCUT2D eigenvalue weighted by Gasteiger charge is 2.09. The Hall–Kier alpha value is -0.485. The molecule has 5 heteroatoms. The molecule has 0 amide bonds. The van der Waals surface area contributed by atoms with Gasteiger partial charge in [-0.05, 0) is 43.6 Å². The van der Waals surface area contributed by atoms with Crippen molar-refractivity contribution in [1.82, 2.24) is 4.31 Å². The third-order valence-electron chi connectivity index (χ3n) is 1.47. The maximum absolute atomic E-state index is 8.83. The minimum absolute atomic E-state index is 0.517. The molecule has 0 aliphatic rings. The van der Waals surface area contributed by atoms with E-state index >= 15 is 0 Å². The molecule has 0 heterocycles. The summed E-state index contributed by atoms with van der Waals surface area (Å²) in [6.45, 7) is 0. The Morgan fingerprint density at radius 2 is 1.69 bits per heavy atom. The molecule has 1 aromatic carbocycles. The fourth-order valence-corrected chi connectivity index (χ4v) is 1.59. The van der Waals surface area contributed by atoms with Crippen LogP contribution in [0.15, 0.2) is 29.2 Å². The van der Waals surface area contributed by atoms with Gasteiger partial charge in [0.05, 0.1) is 0 Å². The van der Waals surface area contributed by atoms with Crippen LogP contribution in [-0.4, -0.2) is 35.6 Å². The summed E-state index contributed by atoms with van der Waals surface area (Å²) in [5, 5.41) is 17.7. The van der Waals surface area contributed by atoms with E-state index in [-0.39, 0.29) is 0 Å². The molecule has 0 aromatic heterocycles. The van der Waals surface area contributed by atoms with Gasteiger partial charge in [-0.2, -0.15) is 0 Å². The van der Waals surface area contributed by atoms with Crippen molar-refractivity contribution in [2.24, 2.45) is 0 Å². The lowest BCUT2D eigenvalue weighted by atomic mass is 9.81. The van der Waals surface area contributed by atoms with Crippen molar-refractivity contribution < 1.29 is 10.0 Å². The summed E-state index contributed by atoms with van der Waals surface area (Å²) < 4.78 is 1.98. The quantitative estimate of drug-likeness (QED) is 0.526. The van der Waals surface area contributed by atoms with Gasteiger partial charge in [0, 0.05) is 4.90 Å². The molecule has 1 rings (SSSR count). The molecule has 0 saturated carbocycles. The number of hydrogen-bond acceptors (Lipinski definition) is 4. The van der Waals surface area contributed by atoms with Crippen molar-refractivity contribution in [3.8, 4) is 0 Å². The van der Waals surface area contributed by atoms with Crippen LogP contribution < -0.4 is 5.46 Å². The Morgan fingerprint density at radius 1 is 1.15 bits per heavy atom. The first-order valence-corrected chi connectivity index (χ1v) is 4.68. The minimum Gasteiger partial charge on any atom is -0.423 e. The van der Waals surface area contributed by atoms with Gasteiger partial charge in [0.1, 0.15) is 0 Å². The topological polar surface area (TPSA) is 43.7 Å². The standard InChI is InChI=1S/C8H12BNO2S/c1-10(2)13-8-5-3-7(4-6-8)9(11)12/h3-6,11-12H,1-2H3. The average Bonchev–Trinajstić information content (AvgIpc) is 2.04. The molecule has 0 atom stereocenters. The van der Waals surface area contributed by atoms with Crippen molar-refractivity contribution in [3.05, 3.63) is 24.3 Å². The van der Waals surface area contributed by atoms with Gasteiger partial charge in [0.25, 0.3) is 0 Å². The fourth-order valence-electron chi connectivity index (χ4n) is 0.912. The number of hydrogen-bond donors (Lipinski definition) is 2. The highest BCUT2D eigenvalue weighted by atomic mass is 32.2. The van der Waals surface area contributed by atoms with Crippen LogP contribution in [0.5, 0.6) is 0 Å². The number of nitrogens with zero attached hydrogens (tertiary/aromatic N) is 1. The molecule has 1 aromatic rings. The fraction of sp³-hybridized carbons (Fsp3) is 0.250. The van der Waals surface area contributed by atoms with E-state index in [4.69, 9.17) is 10.0 Å². The number of benzene rings is 1. The molecule has 0 aliphatic heterocycles. The summed E-state index contributed by atoms with van der Waals surface area (Å²) in [4.78, 5) is 1.08. The van der Waals surface area contributed by atoms with Crippen molar-refractivity contribution in [3.63, 3.8) is 0 Å². The van der Waals surface area contributed by atoms with Gasteiger partial charge in [0.15, 0.2) is 0 Å². The molecule has 3 nitrogen and oxygen atoms in total. The zero-order valence-corrected chi connectivity index (χ0v) is 8.45. The Morgan fingerprint density at radius 3 is 2.08 bits per heavy atom. The van der Waals surface area contributed by atoms with Crippen molar-refractivity contribution in [1.29, 1.82) is 0 Å². The van der Waals surface area contributed by atoms with Crippen LogP contribution in [0.2, 0.25) is 0 Å². The first kappa shape index (κ1) is 10.6. The molecule has 0 unspecified atom stereocenters. The van der Waals surface area contributed by atoms with E-state index in [2.05, 4.69) is 0 Å². The molecule has 0 saturated heterocycles. The van der Waals surface area contributed by atoms with Gasteiger partial charge < -0.3 is 10.0 Å². The summed E-state index contributed by atoms with van der Waals surface area (Å²) in [5.74, 6) is 0. The normalized spacial score (nSPS) is 10.5. The monoisotopic (exact) mass is 197 g/mol. The van der Waals surface area contributed by atoms with E-state index in [0.29, 0.717) is 5.46 Å². The van der Waals surface area contributed by atoms with Crippen molar-refractivity contribution in [2.75, 3.05) is 14.1 Å². The smallest absolute Gasteiger partial charge is 0.423 e. The second-order valence-electron chi connectivity index (χ2n) is 2.85. The molecule has 2 N–H and O–H groups in total. The van der Waals surface area contributed by atoms with E-state index in [1.807, 2.05) is 30.5 Å². The zero-order chi connectivity index (χ0) is 9.84. The second kappa shape index (κ2) is 4.67. The lowest BCUT2D eigenvalue weighted by Crippen LogP contribution is -2.29. The zero-order valence-electron chi connectivity index (χ0n) is 7.64. The predicted molar refractivity (Wildman–Crippen MR) is 55.8 cm³/mol. The van der Waals surface area contributed by atoms with E-state index in [0.717, 1.165) is 4.90 Å². The summed E-state index contributed by atoms with van der Waals surface area (Å²) in [7, 11) is 2.54. The van der Waals surface area contributed by atoms with Crippen molar-refractivity contribution >= 4 is 24.5 Å². The molecule has 13 heavy (non-hydrogen) atoms. The van der Waals surface area contributed by atoms with Gasteiger partial charge in [-0.15, -0.1) is 0 Å². The Balaban J connectivity index is 2.70. The molecular formula is C8H12BNO2S. The van der Waals surface area contributed by atoms with Gasteiger partial charge in [-0.1, -0.05) is 12.1 Å². The van der Waals surface area contributed by atoms with E-state index in [9.17, 15) is 0 Å². The van der Waals surface area contributed by atoms with Crippen LogP contribution in [0, 0.1) is 0 Å². The molecule has 70 valence electrons. The van der Waals surface area contributed by atoms with Crippen LogP contribution in [0.3, 0.4) is 0 Å². The van der Waals surface area contributed by atoms with Gasteiger partial charge in [0.2, 0.25) is 0 Å². The largest absolute Gasteiger partial charge is 0.488 e. The molecule has 0 bridgehead atoms. The van der Waals surface area contributed by atoms with Gasteiger partial charge >= 0.3 is 7.12 Å². The van der Waals surface area contributed by atoms with E-state index < -0.39 is 7.12 Å². The minimum atomic E-state index is -1.38. The highest BCUT2D eigenvalue weighted by molar-refractivity contribution is 7.97. The summed E-state index contributed by atoms with van der Waals surface area (Å²) in [6, 6.07) is 7.13. The Labute approximate surface area is 82.7 Å². The SMILES string of the molecule is CN(C)Sc1ccc(B(O)O)cc1. The van der Waals surface area contributed by atoms with Crippen LogP contribution in [0.1, 0.15) is 0 Å². The van der Waals surface area contributed by atoms with Crippen LogP contribution in [0.4, 0.5) is 0 Å². The third kappa shape index (κ3) is 3.40. The summed E-state index contributed by atoms with van der Waals surface area (Å²) >= 11 is 1.59. The molecule has 0 fully saturated rings. The maximum Gasteiger partial charge on any atom is 0.488 e. The molecule has 0 aliphatic carbocycles. The molecule has 0 spiro atoms. The second-order valence-corrected chi connectivity index (χ2v) is 4.23.